The van der Waals surface area contributed by atoms with Gasteiger partial charge in [-0.1, -0.05) is 13.8 Å². The predicted molar refractivity (Wildman–Crippen MR) is 92.4 cm³/mol. The zero-order valence-corrected chi connectivity index (χ0v) is 14.8. The van der Waals surface area contributed by atoms with Gasteiger partial charge in [-0.25, -0.2) is 4.98 Å². The summed E-state index contributed by atoms with van der Waals surface area (Å²) in [7, 11) is 0. The van der Waals surface area contributed by atoms with Crippen molar-refractivity contribution < 1.29 is 0 Å². The van der Waals surface area contributed by atoms with E-state index in [1.165, 1.54) is 65.2 Å². The Kier molecular flexibility index (Phi) is 5.67. The first-order chi connectivity index (χ1) is 11.1. The van der Waals surface area contributed by atoms with Crippen molar-refractivity contribution in [3.05, 3.63) is 12.7 Å². The first-order valence-corrected chi connectivity index (χ1v) is 9.10. The average Bonchev–Trinajstić information content (AvgIpc) is 3.19. The van der Waals surface area contributed by atoms with Gasteiger partial charge in [-0.15, -0.1) is 0 Å². The fourth-order valence-corrected chi connectivity index (χ4v) is 3.96. The largest absolute Gasteiger partial charge is 0.303 e. The third kappa shape index (κ3) is 5.26. The Bertz CT molecular complexity index is 444. The number of rotatable bonds is 7. The molecule has 0 spiro atoms. The second-order valence-corrected chi connectivity index (χ2v) is 7.92. The van der Waals surface area contributed by atoms with E-state index in [1.807, 2.05) is 4.68 Å². The lowest BCUT2D eigenvalue weighted by molar-refractivity contribution is 0.0794. The molecule has 0 N–H and O–H groups in total. The molecule has 2 aliphatic rings. The number of hydrogen-bond donors (Lipinski definition) is 0. The lowest BCUT2D eigenvalue weighted by atomic mass is 9.91. The molecule has 2 aliphatic heterocycles. The third-order valence-corrected chi connectivity index (χ3v) is 5.08. The van der Waals surface area contributed by atoms with Crippen LogP contribution in [0.4, 0.5) is 0 Å². The quantitative estimate of drug-likeness (QED) is 0.750. The van der Waals surface area contributed by atoms with Crippen LogP contribution >= 0.6 is 0 Å². The monoisotopic (exact) mass is 320 g/mol. The van der Waals surface area contributed by atoms with Gasteiger partial charge in [0.2, 0.25) is 0 Å². The van der Waals surface area contributed by atoms with Crippen molar-refractivity contribution in [2.75, 3.05) is 58.9 Å². The van der Waals surface area contributed by atoms with E-state index in [0.717, 1.165) is 13.1 Å². The Hall–Kier alpha value is -0.980. The Morgan fingerprint density at radius 3 is 2.04 bits per heavy atom. The van der Waals surface area contributed by atoms with Gasteiger partial charge in [-0.2, -0.15) is 5.10 Å². The van der Waals surface area contributed by atoms with Crippen LogP contribution < -0.4 is 0 Å². The topological polar surface area (TPSA) is 40.4 Å². The van der Waals surface area contributed by atoms with Crippen LogP contribution in [-0.4, -0.2) is 88.4 Å². The molecule has 6 heteroatoms. The van der Waals surface area contributed by atoms with Crippen LogP contribution in [-0.2, 0) is 6.54 Å². The molecule has 0 aliphatic carbocycles. The maximum Gasteiger partial charge on any atom is 0.137 e. The van der Waals surface area contributed by atoms with Crippen LogP contribution in [0.15, 0.2) is 12.7 Å². The first-order valence-electron chi connectivity index (χ1n) is 9.10. The minimum atomic E-state index is 0.396. The van der Waals surface area contributed by atoms with Gasteiger partial charge in [-0.3, -0.25) is 9.58 Å². The summed E-state index contributed by atoms with van der Waals surface area (Å²) in [5, 5.41) is 4.18. The summed E-state index contributed by atoms with van der Waals surface area (Å²) in [6.07, 6.45) is 6.19. The SMILES string of the molecule is CC(C)(CN1CCCC1)CN1CCN(CCn2cncn2)CC1. The molecule has 0 atom stereocenters. The predicted octanol–water partition coefficient (Wildman–Crippen LogP) is 1.02. The lowest BCUT2D eigenvalue weighted by Crippen LogP contribution is -2.51. The van der Waals surface area contributed by atoms with Crippen molar-refractivity contribution >= 4 is 0 Å². The van der Waals surface area contributed by atoms with Gasteiger partial charge in [0.05, 0.1) is 6.54 Å². The van der Waals surface area contributed by atoms with Crippen LogP contribution in [0.3, 0.4) is 0 Å². The highest BCUT2D eigenvalue weighted by molar-refractivity contribution is 4.82. The minimum Gasteiger partial charge on any atom is -0.303 e. The normalized spacial score (nSPS) is 22.0. The summed E-state index contributed by atoms with van der Waals surface area (Å²) in [4.78, 5) is 11.9. The molecule has 0 bridgehead atoms. The number of aromatic nitrogens is 3. The van der Waals surface area contributed by atoms with E-state index in [-0.39, 0.29) is 0 Å². The fraction of sp³-hybridized carbons (Fsp3) is 0.882. The van der Waals surface area contributed by atoms with Crippen molar-refractivity contribution in [1.82, 2.24) is 29.5 Å². The summed E-state index contributed by atoms with van der Waals surface area (Å²) in [5.41, 5.74) is 0.396. The van der Waals surface area contributed by atoms with E-state index < -0.39 is 0 Å². The molecule has 0 saturated carbocycles. The molecular weight excluding hydrogens is 288 g/mol. The van der Waals surface area contributed by atoms with E-state index >= 15 is 0 Å². The average molecular weight is 320 g/mol. The minimum absolute atomic E-state index is 0.396. The first kappa shape index (κ1) is 16.9. The molecule has 6 nitrogen and oxygen atoms in total. The third-order valence-electron chi connectivity index (χ3n) is 5.08. The zero-order chi connectivity index (χ0) is 16.1. The molecule has 2 saturated heterocycles. The molecule has 0 unspecified atom stereocenters. The molecule has 0 radical (unpaired) electrons. The van der Waals surface area contributed by atoms with E-state index in [9.17, 15) is 0 Å². The molecule has 1 aromatic rings. The second kappa shape index (κ2) is 7.73. The number of nitrogens with zero attached hydrogens (tertiary/aromatic N) is 6. The molecule has 0 aromatic carbocycles. The standard InChI is InChI=1S/C17H32N6/c1-17(2,13-21-5-3-4-6-21)14-22-9-7-20(8-10-22)11-12-23-16-18-15-19-23/h15-16H,3-14H2,1-2H3. The highest BCUT2D eigenvalue weighted by atomic mass is 15.3. The lowest BCUT2D eigenvalue weighted by Gasteiger charge is -2.40. The Balaban J connectivity index is 1.36. The highest BCUT2D eigenvalue weighted by Crippen LogP contribution is 2.22. The Labute approximate surface area is 140 Å². The van der Waals surface area contributed by atoms with Crippen molar-refractivity contribution in [1.29, 1.82) is 0 Å². The molecule has 3 heterocycles. The van der Waals surface area contributed by atoms with E-state index in [1.54, 1.807) is 12.7 Å². The smallest absolute Gasteiger partial charge is 0.137 e. The molecule has 1 aromatic heterocycles. The van der Waals surface area contributed by atoms with Crippen LogP contribution in [0, 0.1) is 5.41 Å². The molecular formula is C17H32N6. The summed E-state index contributed by atoms with van der Waals surface area (Å²) < 4.78 is 1.92. The Morgan fingerprint density at radius 1 is 0.826 bits per heavy atom. The van der Waals surface area contributed by atoms with E-state index in [0.29, 0.717) is 5.41 Å². The van der Waals surface area contributed by atoms with Crippen molar-refractivity contribution in [3.63, 3.8) is 0 Å². The van der Waals surface area contributed by atoms with Crippen molar-refractivity contribution in [2.24, 2.45) is 5.41 Å². The molecule has 23 heavy (non-hydrogen) atoms. The number of piperazine rings is 1. The van der Waals surface area contributed by atoms with E-state index in [2.05, 4.69) is 38.6 Å². The molecule has 2 fully saturated rings. The summed E-state index contributed by atoms with van der Waals surface area (Å²) >= 11 is 0. The Morgan fingerprint density at radius 2 is 1.43 bits per heavy atom. The van der Waals surface area contributed by atoms with Crippen molar-refractivity contribution in [2.45, 2.75) is 33.2 Å². The molecule has 3 rings (SSSR count). The van der Waals surface area contributed by atoms with Gasteiger partial charge in [0, 0.05) is 45.8 Å². The maximum absolute atomic E-state index is 4.18. The number of likely N-dealkylation sites (tertiary alicyclic amines) is 1. The van der Waals surface area contributed by atoms with Gasteiger partial charge < -0.3 is 9.80 Å². The van der Waals surface area contributed by atoms with Gasteiger partial charge in [0.1, 0.15) is 12.7 Å². The maximum atomic E-state index is 4.18. The van der Waals surface area contributed by atoms with Crippen LogP contribution in [0.2, 0.25) is 0 Å². The molecule has 0 amide bonds. The van der Waals surface area contributed by atoms with Gasteiger partial charge in [0.15, 0.2) is 0 Å². The number of hydrogen-bond acceptors (Lipinski definition) is 5. The summed E-state index contributed by atoms with van der Waals surface area (Å²) in [6.45, 7) is 16.7. The van der Waals surface area contributed by atoms with Gasteiger partial charge in [-0.05, 0) is 31.3 Å². The van der Waals surface area contributed by atoms with Gasteiger partial charge in [0.25, 0.3) is 0 Å². The van der Waals surface area contributed by atoms with Crippen molar-refractivity contribution in [3.8, 4) is 0 Å². The van der Waals surface area contributed by atoms with Crippen LogP contribution in [0.1, 0.15) is 26.7 Å². The van der Waals surface area contributed by atoms with Crippen LogP contribution in [0.5, 0.6) is 0 Å². The second-order valence-electron chi connectivity index (χ2n) is 7.92. The highest BCUT2D eigenvalue weighted by Gasteiger charge is 2.27. The van der Waals surface area contributed by atoms with Gasteiger partial charge >= 0.3 is 0 Å². The zero-order valence-electron chi connectivity index (χ0n) is 14.8. The van der Waals surface area contributed by atoms with Crippen LogP contribution in [0.25, 0.3) is 0 Å². The summed E-state index contributed by atoms with van der Waals surface area (Å²) in [5.74, 6) is 0. The van der Waals surface area contributed by atoms with E-state index in [4.69, 9.17) is 0 Å². The summed E-state index contributed by atoms with van der Waals surface area (Å²) in [6, 6.07) is 0. The fourth-order valence-electron chi connectivity index (χ4n) is 3.96. The molecule has 130 valence electrons.